The number of likely N-dealkylation sites (N-methyl/N-ethyl adjacent to an activating group) is 1. The predicted octanol–water partition coefficient (Wildman–Crippen LogP) is 3.05. The van der Waals surface area contributed by atoms with E-state index in [9.17, 15) is 0 Å². The van der Waals surface area contributed by atoms with E-state index in [0.29, 0.717) is 3.95 Å². The van der Waals surface area contributed by atoms with Crippen LogP contribution in [0.5, 0.6) is 0 Å². The number of nitrogen functional groups attached to an aromatic ring is 1. The van der Waals surface area contributed by atoms with Crippen LogP contribution >= 0.6 is 34.9 Å². The largest absolute Gasteiger partial charge is 0.390 e. The van der Waals surface area contributed by atoms with Crippen molar-refractivity contribution < 1.29 is 0 Å². The molecule has 2 aromatic heterocycles. The van der Waals surface area contributed by atoms with Gasteiger partial charge in [-0.05, 0) is 30.7 Å². The molecule has 2 aromatic rings. The third-order valence-electron chi connectivity index (χ3n) is 3.20. The molecule has 0 unspecified atom stereocenters. The summed E-state index contributed by atoms with van der Waals surface area (Å²) in [6.07, 6.45) is 1.08. The van der Waals surface area contributed by atoms with Crippen LogP contribution in [0.4, 0.5) is 5.00 Å². The van der Waals surface area contributed by atoms with Crippen molar-refractivity contribution in [3.8, 4) is 0 Å². The number of aromatic nitrogens is 1. The summed E-state index contributed by atoms with van der Waals surface area (Å²) in [5.74, 6) is 0. The number of anilines is 1. The van der Waals surface area contributed by atoms with Crippen molar-refractivity contribution in [2.75, 3.05) is 18.8 Å². The average molecular weight is 283 g/mol. The smallest absolute Gasteiger partial charge is 0.183 e. The molecule has 3 rings (SSSR count). The molecule has 0 aromatic carbocycles. The Bertz CT molecular complexity index is 629. The van der Waals surface area contributed by atoms with Crippen LogP contribution in [0.1, 0.15) is 17.4 Å². The highest BCUT2D eigenvalue weighted by Gasteiger charge is 2.22. The van der Waals surface area contributed by atoms with E-state index in [4.69, 9.17) is 18.0 Å². The Balaban J connectivity index is 2.22. The van der Waals surface area contributed by atoms with Gasteiger partial charge in [0.05, 0.1) is 5.00 Å². The molecule has 3 heterocycles. The highest BCUT2D eigenvalue weighted by Crippen LogP contribution is 2.38. The SMILES string of the molecule is CCN1CCc2c(sc3nc(=S)sc(N)c23)C1. The van der Waals surface area contributed by atoms with Crippen molar-refractivity contribution in [3.63, 3.8) is 0 Å². The fraction of sp³-hybridized carbons (Fsp3) is 0.455. The van der Waals surface area contributed by atoms with Crippen molar-refractivity contribution in [1.82, 2.24) is 9.88 Å². The van der Waals surface area contributed by atoms with Crippen molar-refractivity contribution in [1.29, 1.82) is 0 Å². The molecule has 0 amide bonds. The number of hydrogen-bond acceptors (Lipinski definition) is 6. The van der Waals surface area contributed by atoms with Crippen LogP contribution in [-0.2, 0) is 13.0 Å². The third kappa shape index (κ3) is 1.89. The maximum absolute atomic E-state index is 6.10. The Morgan fingerprint density at radius 2 is 2.29 bits per heavy atom. The normalized spacial score (nSPS) is 16.3. The summed E-state index contributed by atoms with van der Waals surface area (Å²) >= 11 is 8.31. The minimum Gasteiger partial charge on any atom is -0.390 e. The molecule has 17 heavy (non-hydrogen) atoms. The van der Waals surface area contributed by atoms with Crippen molar-refractivity contribution >= 4 is 50.1 Å². The topological polar surface area (TPSA) is 42.2 Å². The zero-order valence-electron chi connectivity index (χ0n) is 9.52. The first-order chi connectivity index (χ1) is 8.19. The van der Waals surface area contributed by atoms with Crippen molar-refractivity contribution in [2.45, 2.75) is 19.9 Å². The minimum absolute atomic E-state index is 0.640. The fourth-order valence-corrected chi connectivity index (χ4v) is 4.76. The molecule has 3 nitrogen and oxygen atoms in total. The summed E-state index contributed by atoms with van der Waals surface area (Å²) in [7, 11) is 0. The van der Waals surface area contributed by atoms with Gasteiger partial charge in [0, 0.05) is 23.4 Å². The van der Waals surface area contributed by atoms with E-state index in [2.05, 4.69) is 16.8 Å². The summed E-state index contributed by atoms with van der Waals surface area (Å²) in [6.45, 7) is 5.46. The van der Waals surface area contributed by atoms with Crippen LogP contribution in [0.3, 0.4) is 0 Å². The highest BCUT2D eigenvalue weighted by molar-refractivity contribution is 7.73. The number of rotatable bonds is 1. The fourth-order valence-electron chi connectivity index (χ4n) is 2.30. The van der Waals surface area contributed by atoms with Gasteiger partial charge < -0.3 is 5.73 Å². The maximum atomic E-state index is 6.10. The zero-order chi connectivity index (χ0) is 12.0. The summed E-state index contributed by atoms with van der Waals surface area (Å²) in [5, 5.41) is 2.00. The third-order valence-corrected chi connectivity index (χ3v) is 5.34. The van der Waals surface area contributed by atoms with Gasteiger partial charge in [-0.3, -0.25) is 4.90 Å². The Labute approximate surface area is 113 Å². The lowest BCUT2D eigenvalue weighted by atomic mass is 10.1. The molecule has 0 fully saturated rings. The molecular weight excluding hydrogens is 270 g/mol. The van der Waals surface area contributed by atoms with E-state index in [1.165, 1.54) is 27.2 Å². The lowest BCUT2D eigenvalue weighted by Crippen LogP contribution is -2.29. The van der Waals surface area contributed by atoms with Gasteiger partial charge >= 0.3 is 0 Å². The number of thiophene rings is 1. The molecule has 0 saturated carbocycles. The monoisotopic (exact) mass is 283 g/mol. The molecule has 2 N–H and O–H groups in total. The van der Waals surface area contributed by atoms with Gasteiger partial charge in [0.1, 0.15) is 4.83 Å². The van der Waals surface area contributed by atoms with Gasteiger partial charge in [-0.1, -0.05) is 18.3 Å². The van der Waals surface area contributed by atoms with Gasteiger partial charge in [0.2, 0.25) is 0 Å². The molecule has 0 bridgehead atoms. The van der Waals surface area contributed by atoms with E-state index < -0.39 is 0 Å². The number of hydrogen-bond donors (Lipinski definition) is 1. The number of nitrogens with zero attached hydrogens (tertiary/aromatic N) is 2. The zero-order valence-corrected chi connectivity index (χ0v) is 12.0. The lowest BCUT2D eigenvalue weighted by Gasteiger charge is -2.25. The number of nitrogens with two attached hydrogens (primary N) is 1. The minimum atomic E-state index is 0.640. The van der Waals surface area contributed by atoms with Gasteiger partial charge in [-0.2, -0.15) is 0 Å². The van der Waals surface area contributed by atoms with E-state index in [0.717, 1.165) is 35.9 Å². The Kier molecular flexibility index (Phi) is 2.90. The molecule has 90 valence electrons. The van der Waals surface area contributed by atoms with Gasteiger partial charge in [-0.15, -0.1) is 11.3 Å². The number of fused-ring (bicyclic) bond motifs is 3. The van der Waals surface area contributed by atoms with E-state index >= 15 is 0 Å². The standard InChI is InChI=1S/C11H13N3S3/c1-2-14-4-3-6-7(5-14)16-10-8(6)9(12)17-11(15)13-10/h2-5,12H2,1H3. The Morgan fingerprint density at radius 3 is 3.06 bits per heavy atom. The van der Waals surface area contributed by atoms with Gasteiger partial charge in [-0.25, -0.2) is 4.98 Å². The molecule has 0 radical (unpaired) electrons. The first-order valence-corrected chi connectivity index (χ1v) is 7.66. The maximum Gasteiger partial charge on any atom is 0.183 e. The van der Waals surface area contributed by atoms with Gasteiger partial charge in [0.25, 0.3) is 0 Å². The average Bonchev–Trinajstić information content (AvgIpc) is 2.65. The molecule has 6 heteroatoms. The molecule has 0 atom stereocenters. The lowest BCUT2D eigenvalue weighted by molar-refractivity contribution is 0.272. The molecule has 0 saturated heterocycles. The van der Waals surface area contributed by atoms with Crippen LogP contribution < -0.4 is 5.73 Å². The Morgan fingerprint density at radius 1 is 1.47 bits per heavy atom. The molecule has 0 spiro atoms. The quantitative estimate of drug-likeness (QED) is 0.817. The Hall–Kier alpha value is -0.560. The summed E-state index contributed by atoms with van der Waals surface area (Å²) in [4.78, 5) is 9.34. The van der Waals surface area contributed by atoms with Gasteiger partial charge in [0.15, 0.2) is 3.95 Å². The second-order valence-electron chi connectivity index (χ2n) is 4.15. The molecule has 0 aliphatic carbocycles. The summed E-state index contributed by atoms with van der Waals surface area (Å²) in [6, 6.07) is 0. The first kappa shape index (κ1) is 11.5. The molecule has 1 aliphatic heterocycles. The van der Waals surface area contributed by atoms with Crippen molar-refractivity contribution in [3.05, 3.63) is 14.4 Å². The van der Waals surface area contributed by atoms with E-state index in [1.807, 2.05) is 0 Å². The summed E-state index contributed by atoms with van der Waals surface area (Å²) in [5.41, 5.74) is 7.51. The van der Waals surface area contributed by atoms with E-state index in [-0.39, 0.29) is 0 Å². The van der Waals surface area contributed by atoms with Crippen LogP contribution in [0.25, 0.3) is 10.2 Å². The van der Waals surface area contributed by atoms with Crippen LogP contribution in [0, 0.1) is 3.95 Å². The molecular formula is C11H13N3S3. The van der Waals surface area contributed by atoms with Crippen LogP contribution in [0.2, 0.25) is 0 Å². The van der Waals surface area contributed by atoms with Crippen LogP contribution in [-0.4, -0.2) is 23.0 Å². The second kappa shape index (κ2) is 4.28. The molecule has 1 aliphatic rings. The summed E-state index contributed by atoms with van der Waals surface area (Å²) < 4.78 is 0.640. The van der Waals surface area contributed by atoms with E-state index in [1.54, 1.807) is 11.3 Å². The van der Waals surface area contributed by atoms with Crippen molar-refractivity contribution in [2.24, 2.45) is 0 Å². The second-order valence-corrected chi connectivity index (χ2v) is 6.91. The van der Waals surface area contributed by atoms with Crippen LogP contribution in [0.15, 0.2) is 0 Å². The highest BCUT2D eigenvalue weighted by atomic mass is 32.1. The predicted molar refractivity (Wildman–Crippen MR) is 77.4 cm³/mol. The first-order valence-electron chi connectivity index (χ1n) is 5.62.